The largest absolute Gasteiger partial charge is 0.507 e. The van der Waals surface area contributed by atoms with Crippen molar-refractivity contribution in [2.24, 2.45) is 21.4 Å². The van der Waals surface area contributed by atoms with Gasteiger partial charge in [0.15, 0.2) is 0 Å². The number of aryl methyl sites for hydroxylation is 14. The molecule has 0 bridgehead atoms. The van der Waals surface area contributed by atoms with Crippen LogP contribution < -0.4 is 0 Å². The van der Waals surface area contributed by atoms with Crippen molar-refractivity contribution in [2.45, 2.75) is 226 Å². The fourth-order valence-corrected chi connectivity index (χ4v) is 14.5. The van der Waals surface area contributed by atoms with Crippen LogP contribution in [0.5, 0.6) is 46.0 Å². The predicted molar refractivity (Wildman–Crippen MR) is 430 cm³/mol. The molecule has 0 amide bonds. The van der Waals surface area contributed by atoms with Gasteiger partial charge in [0.25, 0.3) is 0 Å². The Labute approximate surface area is 614 Å². The highest BCUT2D eigenvalue weighted by molar-refractivity contribution is 8.14. The Hall–Kier alpha value is -8.74. The molecule has 10 rings (SSSR count). The lowest BCUT2D eigenvalue weighted by Gasteiger charge is -2.27. The minimum atomic E-state index is -0.143. The lowest BCUT2D eigenvalue weighted by Crippen LogP contribution is -2.15. The Bertz CT molecular complexity index is 4200. The van der Waals surface area contributed by atoms with Crippen LogP contribution in [0.15, 0.2) is 137 Å². The maximum absolute atomic E-state index is 11.0. The van der Waals surface area contributed by atoms with Gasteiger partial charge in [-0.05, 0) is 202 Å². The van der Waals surface area contributed by atoms with E-state index in [1.54, 1.807) is 17.8 Å². The first-order valence-corrected chi connectivity index (χ1v) is 37.3. The van der Waals surface area contributed by atoms with Gasteiger partial charge in [-0.15, -0.1) is 16.9 Å². The van der Waals surface area contributed by atoms with Crippen molar-refractivity contribution < 1.29 is 40.9 Å². The van der Waals surface area contributed by atoms with Crippen molar-refractivity contribution in [2.75, 3.05) is 12.3 Å². The molecule has 0 aromatic heterocycles. The zero-order valence-electron chi connectivity index (χ0n) is 65.3. The molecular weight excluding hydrogens is 1280 g/mol. The summed E-state index contributed by atoms with van der Waals surface area (Å²) in [5.74, 6) is 3.98. The van der Waals surface area contributed by atoms with E-state index >= 15 is 0 Å². The number of hydrogen-bond acceptors (Lipinski definition) is 12. The fourth-order valence-electron chi connectivity index (χ4n) is 13.7. The van der Waals surface area contributed by atoms with Crippen molar-refractivity contribution in [1.82, 2.24) is 0 Å². The molecule has 0 spiro atoms. The van der Waals surface area contributed by atoms with Crippen molar-refractivity contribution in [3.05, 3.63) is 244 Å². The van der Waals surface area contributed by atoms with E-state index in [2.05, 4.69) is 149 Å². The second-order valence-electron chi connectivity index (χ2n) is 30.6. The number of aromatic hydroxyl groups is 8. The Morgan fingerprint density at radius 2 is 0.824 bits per heavy atom. The SMILES string of the molecule is CCCCC(c1cc(C)cc(C)c1O)c1cc(C)cc(C)c1O.CCc1cc(C)c(O)c(C(c2cc(CC)cc(C)c2O)C(C)C)c1.Cc1cc(C(C)c2cc(C)cc(C(C)(C)C)c2O)c(O)c(C(C)(C)C)c1.Cc1cc(CCSC2=NN=NC2)cc(C)c1O.Cc1ccc(O)c2ccccc12. The van der Waals surface area contributed by atoms with E-state index in [9.17, 15) is 40.9 Å². The molecule has 8 N–H and O–H groups in total. The normalized spacial score (nSPS) is 12.0. The van der Waals surface area contributed by atoms with Crippen molar-refractivity contribution in [3.8, 4) is 46.0 Å². The summed E-state index contributed by atoms with van der Waals surface area (Å²) in [5.41, 5.74) is 21.9. The third kappa shape index (κ3) is 21.0. The van der Waals surface area contributed by atoms with Gasteiger partial charge in [0, 0.05) is 62.3 Å². The van der Waals surface area contributed by atoms with Crippen molar-refractivity contribution >= 4 is 27.6 Å². The summed E-state index contributed by atoms with van der Waals surface area (Å²) in [7, 11) is 0. The van der Waals surface area contributed by atoms with Crippen molar-refractivity contribution in [3.63, 3.8) is 0 Å². The van der Waals surface area contributed by atoms with Crippen LogP contribution in [0.1, 0.15) is 242 Å². The van der Waals surface area contributed by atoms with Gasteiger partial charge in [-0.25, -0.2) is 0 Å². The second-order valence-corrected chi connectivity index (χ2v) is 31.8. The van der Waals surface area contributed by atoms with Crippen molar-refractivity contribution in [1.29, 1.82) is 0 Å². The van der Waals surface area contributed by atoms with E-state index in [0.29, 0.717) is 52.5 Å². The Balaban J connectivity index is 0.000000204. The van der Waals surface area contributed by atoms with E-state index in [0.717, 1.165) is 160 Å². The van der Waals surface area contributed by atoms with Gasteiger partial charge in [0.2, 0.25) is 0 Å². The summed E-state index contributed by atoms with van der Waals surface area (Å²) >= 11 is 1.69. The molecule has 102 heavy (non-hydrogen) atoms. The molecule has 12 heteroatoms. The van der Waals surface area contributed by atoms with Gasteiger partial charge in [-0.3, -0.25) is 0 Å². The Morgan fingerprint density at radius 1 is 0.422 bits per heavy atom. The van der Waals surface area contributed by atoms with Crippen LogP contribution >= 0.6 is 11.8 Å². The molecule has 0 fully saturated rings. The summed E-state index contributed by atoms with van der Waals surface area (Å²) in [5, 5.41) is 98.1. The number of hydrogen-bond donors (Lipinski definition) is 8. The predicted octanol–water partition coefficient (Wildman–Crippen LogP) is 23.7. The van der Waals surface area contributed by atoms with E-state index in [1.807, 2.05) is 141 Å². The van der Waals surface area contributed by atoms with Crippen LogP contribution in [0.25, 0.3) is 10.8 Å². The molecule has 9 aromatic carbocycles. The molecular formula is C90H117N3O8S. The molecule has 0 aliphatic carbocycles. The molecule has 0 saturated carbocycles. The summed E-state index contributed by atoms with van der Waals surface area (Å²) in [6.45, 7) is 47.9. The maximum Gasteiger partial charge on any atom is 0.123 e. The van der Waals surface area contributed by atoms with Gasteiger partial charge in [-0.1, -0.05) is 233 Å². The first-order valence-electron chi connectivity index (χ1n) is 36.3. The topological polar surface area (TPSA) is 199 Å². The molecule has 9 aromatic rings. The molecule has 1 heterocycles. The zero-order chi connectivity index (χ0) is 76.0. The number of rotatable bonds is 15. The third-order valence-electron chi connectivity index (χ3n) is 19.3. The number of fused-ring (bicyclic) bond motifs is 1. The minimum absolute atomic E-state index is 0.0205. The number of phenols is 8. The summed E-state index contributed by atoms with van der Waals surface area (Å²) < 4.78 is 0. The second kappa shape index (κ2) is 35.9. The average molecular weight is 1400 g/mol. The molecule has 0 radical (unpaired) electrons. The zero-order valence-corrected chi connectivity index (χ0v) is 66.2. The van der Waals surface area contributed by atoms with E-state index in [-0.39, 0.29) is 34.5 Å². The van der Waals surface area contributed by atoms with Crippen LogP contribution in [0, 0.1) is 82.1 Å². The molecule has 11 nitrogen and oxygen atoms in total. The van der Waals surface area contributed by atoms with Gasteiger partial charge < -0.3 is 40.9 Å². The smallest absolute Gasteiger partial charge is 0.123 e. The summed E-state index contributed by atoms with van der Waals surface area (Å²) in [6.07, 6.45) is 5.89. The van der Waals surface area contributed by atoms with Crippen LogP contribution in [-0.4, -0.2) is 58.2 Å². The summed E-state index contributed by atoms with van der Waals surface area (Å²) in [6, 6.07) is 40.2. The van der Waals surface area contributed by atoms with E-state index in [1.165, 1.54) is 22.3 Å². The highest BCUT2D eigenvalue weighted by Crippen LogP contribution is 2.47. The van der Waals surface area contributed by atoms with Crippen LogP contribution in [0.2, 0.25) is 0 Å². The third-order valence-corrected chi connectivity index (χ3v) is 20.3. The van der Waals surface area contributed by atoms with Gasteiger partial charge in [-0.2, -0.15) is 5.11 Å². The first kappa shape index (κ1) is 82.2. The quantitative estimate of drug-likeness (QED) is 0.0492. The lowest BCUT2D eigenvalue weighted by molar-refractivity contribution is 0.429. The first-order chi connectivity index (χ1) is 47.8. The van der Waals surface area contributed by atoms with Gasteiger partial charge in [0.1, 0.15) is 57.6 Å². The number of thioether (sulfide) groups is 1. The van der Waals surface area contributed by atoms with E-state index in [4.69, 9.17) is 0 Å². The molecule has 0 unspecified atom stereocenters. The lowest BCUT2D eigenvalue weighted by atomic mass is 9.79. The number of unbranched alkanes of at least 4 members (excludes halogenated alkanes) is 1. The highest BCUT2D eigenvalue weighted by Gasteiger charge is 2.30. The average Bonchev–Trinajstić information content (AvgIpc) is 0.789. The Morgan fingerprint density at radius 3 is 1.23 bits per heavy atom. The monoisotopic (exact) mass is 1400 g/mol. The molecule has 1 aliphatic heterocycles. The van der Waals surface area contributed by atoms with E-state index < -0.39 is 0 Å². The Kier molecular flexibility index (Phi) is 29.0. The number of nitrogens with zero attached hydrogens (tertiary/aromatic N) is 3. The molecule has 1 aliphatic rings. The van der Waals surface area contributed by atoms with Gasteiger partial charge in [0.05, 0.1) is 0 Å². The molecule has 546 valence electrons. The van der Waals surface area contributed by atoms with Crippen LogP contribution in [0.3, 0.4) is 0 Å². The molecule has 0 saturated heterocycles. The van der Waals surface area contributed by atoms with Crippen LogP contribution in [0.4, 0.5) is 0 Å². The fraction of sp³-hybridized carbons (Fsp3) is 0.411. The minimum Gasteiger partial charge on any atom is -0.507 e. The van der Waals surface area contributed by atoms with Crippen LogP contribution in [-0.2, 0) is 30.1 Å². The summed E-state index contributed by atoms with van der Waals surface area (Å²) in [4.78, 5) is 0. The number of phenolic OH excluding ortho intramolecular Hbond substituents is 8. The number of benzene rings is 9. The standard InChI is InChI=1S/C24H34O2.C22H30O2.C21H28O2.C12H15N3OS.C11H10O/c1-14-10-17(21(25)19(12-14)23(4,5)6)16(3)18-11-15(2)13-20(22(18)26)24(7,8)9;1-7-16-9-14(5)21(23)18(11-16)20(13(3)4)19-12-17(8-2)10-15(6)22(19)24;1-6-7-8-17(18-11-13(2)9-15(4)20(18)22)19-12-14(3)10-16(5)21(19)23;1-8-5-10(6-9(2)12(8)16)3-4-17-11-7-13-15-14-11;1-8-6-7-11(12)10-5-3-2-4-9(8)10/h10-13,16,25-26H,1-9H3;9-13,20,23-24H,7-8H2,1-6H3;9-12,17,22-23H,6-8H2,1-5H3;5-6,16H,3-4,7H2,1-2H3;2-7,12H,1H3. The molecule has 0 atom stereocenters. The highest BCUT2D eigenvalue weighted by atomic mass is 32.2. The van der Waals surface area contributed by atoms with Gasteiger partial charge >= 0.3 is 0 Å². The maximum atomic E-state index is 11.0.